The van der Waals surface area contributed by atoms with E-state index >= 15 is 0 Å². The summed E-state index contributed by atoms with van der Waals surface area (Å²) in [4.78, 5) is 0. The summed E-state index contributed by atoms with van der Waals surface area (Å²) in [5, 5.41) is 2.55. The van der Waals surface area contributed by atoms with Crippen LogP contribution >= 0.6 is 7.26 Å². The van der Waals surface area contributed by atoms with E-state index in [1.54, 1.807) is 10.9 Å². The molecule has 0 radical (unpaired) electrons. The summed E-state index contributed by atoms with van der Waals surface area (Å²) in [7, 11) is -1.03. The Bertz CT molecular complexity index is 396. The van der Waals surface area contributed by atoms with Crippen molar-refractivity contribution in [1.29, 1.82) is 0 Å². The molecule has 0 bridgehead atoms. The molecule has 0 nitrogen and oxygen atoms in total. The van der Waals surface area contributed by atoms with E-state index < -0.39 is 7.26 Å². The molecule has 0 saturated heterocycles. The van der Waals surface area contributed by atoms with Crippen molar-refractivity contribution < 1.29 is 12.4 Å². The predicted octanol–water partition coefficient (Wildman–Crippen LogP) is 1.44. The average Bonchev–Trinajstić information content (AvgIpc) is 2.02. The maximum atomic E-state index is 2.43. The molecule has 1 aromatic rings. The Morgan fingerprint density at radius 1 is 0.882 bits per heavy atom. The van der Waals surface area contributed by atoms with Crippen LogP contribution in [0.2, 0.25) is 0 Å². The lowest BCUT2D eigenvalue weighted by Crippen LogP contribution is -3.00. The molecular weight excluding hydrogens is 247 g/mol. The topological polar surface area (TPSA) is 0 Å². The molecule has 0 N–H and O–H groups in total. The van der Waals surface area contributed by atoms with Gasteiger partial charge in [-0.1, -0.05) is 18.2 Å². The van der Waals surface area contributed by atoms with Gasteiger partial charge in [0.1, 0.15) is 5.30 Å². The van der Waals surface area contributed by atoms with Gasteiger partial charge < -0.3 is 12.4 Å². The van der Waals surface area contributed by atoms with E-state index in [4.69, 9.17) is 0 Å². The quantitative estimate of drug-likeness (QED) is 0.626. The summed E-state index contributed by atoms with van der Waals surface area (Å²) in [6.07, 6.45) is 1.34. The zero-order valence-electron chi connectivity index (χ0n) is 11.8. The van der Waals surface area contributed by atoms with Crippen molar-refractivity contribution in [2.75, 3.05) is 0 Å². The van der Waals surface area contributed by atoms with Gasteiger partial charge in [-0.3, -0.25) is 0 Å². The summed E-state index contributed by atoms with van der Waals surface area (Å²) < 4.78 is 0. The molecule has 17 heavy (non-hydrogen) atoms. The molecule has 0 spiro atoms. The highest BCUT2D eigenvalue weighted by Crippen LogP contribution is 2.81. The first-order chi connectivity index (χ1) is 7.20. The summed E-state index contributed by atoms with van der Waals surface area (Å²) in [5.74, 6) is 0. The van der Waals surface area contributed by atoms with Crippen molar-refractivity contribution >= 4 is 12.6 Å². The second-order valence-electron chi connectivity index (χ2n) is 6.94. The molecule has 0 saturated carbocycles. The number of hydrogen-bond acceptors (Lipinski definition) is 0. The Hall–Kier alpha value is -0.0600. The minimum Gasteiger partial charge on any atom is -1.00 e. The van der Waals surface area contributed by atoms with E-state index in [9.17, 15) is 0 Å². The van der Waals surface area contributed by atoms with Crippen LogP contribution in [0.1, 0.15) is 47.1 Å². The van der Waals surface area contributed by atoms with Crippen LogP contribution in [0, 0.1) is 0 Å². The van der Waals surface area contributed by atoms with Gasteiger partial charge in [-0.25, -0.2) is 0 Å². The first-order valence-electron chi connectivity index (χ1n) is 6.17. The summed E-state index contributed by atoms with van der Waals surface area (Å²) in [6.45, 7) is 14.6. The average molecular weight is 271 g/mol. The van der Waals surface area contributed by atoms with Crippen LogP contribution < -0.4 is 17.7 Å². The lowest BCUT2D eigenvalue weighted by Gasteiger charge is -2.52. The Balaban J connectivity index is 0.00000144. The third-order valence-electron chi connectivity index (χ3n) is 4.10. The Labute approximate surface area is 113 Å². The van der Waals surface area contributed by atoms with Gasteiger partial charge in [0.15, 0.2) is 0 Å². The smallest absolute Gasteiger partial charge is 0.102 e. The maximum Gasteiger partial charge on any atom is 0.102 e. The first-order valence-corrected chi connectivity index (χ1v) is 8.14. The van der Waals surface area contributed by atoms with Crippen LogP contribution in [-0.2, 0) is 6.16 Å². The molecule has 0 aliphatic carbocycles. The van der Waals surface area contributed by atoms with E-state index in [1.165, 1.54) is 6.16 Å². The zero-order chi connectivity index (χ0) is 12.2. The van der Waals surface area contributed by atoms with Crippen molar-refractivity contribution in [3.8, 4) is 0 Å². The first kappa shape index (κ1) is 15.0. The van der Waals surface area contributed by atoms with Gasteiger partial charge in [0.25, 0.3) is 0 Å². The van der Waals surface area contributed by atoms with E-state index in [-0.39, 0.29) is 12.4 Å². The maximum absolute atomic E-state index is 2.43. The molecule has 1 aromatic carbocycles. The fourth-order valence-electron chi connectivity index (χ4n) is 3.47. The van der Waals surface area contributed by atoms with Gasteiger partial charge >= 0.3 is 0 Å². The second-order valence-corrected chi connectivity index (χ2v) is 12.0. The normalized spacial score (nSPS) is 17.8. The Morgan fingerprint density at radius 2 is 1.35 bits per heavy atom. The minimum absolute atomic E-state index is 0. The van der Waals surface area contributed by atoms with E-state index in [0.717, 1.165) is 0 Å². The van der Waals surface area contributed by atoms with Gasteiger partial charge in [-0.15, -0.1) is 0 Å². The number of hydrogen-bond donors (Lipinski definition) is 0. The molecule has 1 aliphatic rings. The van der Waals surface area contributed by atoms with Gasteiger partial charge in [0.05, 0.1) is 23.7 Å². The van der Waals surface area contributed by atoms with Crippen molar-refractivity contribution in [3.05, 3.63) is 29.8 Å². The van der Waals surface area contributed by atoms with Gasteiger partial charge in [0, 0.05) is 5.56 Å². The highest BCUT2D eigenvalue weighted by Gasteiger charge is 2.65. The highest BCUT2D eigenvalue weighted by molar-refractivity contribution is 7.86. The molecule has 0 atom stereocenters. The van der Waals surface area contributed by atoms with Crippen LogP contribution in [0.25, 0.3) is 0 Å². The fraction of sp³-hybridized carbons (Fsp3) is 0.600. The molecule has 0 unspecified atom stereocenters. The molecule has 0 amide bonds. The molecule has 1 aliphatic heterocycles. The van der Waals surface area contributed by atoms with Crippen LogP contribution in [-0.4, -0.2) is 10.3 Å². The van der Waals surface area contributed by atoms with Crippen molar-refractivity contribution in [2.45, 2.75) is 58.0 Å². The van der Waals surface area contributed by atoms with E-state index in [2.05, 4.69) is 65.8 Å². The Kier molecular flexibility index (Phi) is 3.75. The monoisotopic (exact) mass is 270 g/mol. The SMILES string of the molecule is CC(C)(C)[P+]1(C(C)(C)C)Cc2ccccc21.[Cl-]. The third kappa shape index (κ3) is 1.94. The Morgan fingerprint density at radius 3 is 1.76 bits per heavy atom. The second kappa shape index (κ2) is 4.25. The van der Waals surface area contributed by atoms with Crippen LogP contribution in [0.4, 0.5) is 0 Å². The van der Waals surface area contributed by atoms with Crippen LogP contribution in [0.5, 0.6) is 0 Å². The molecule has 0 aromatic heterocycles. The molecule has 96 valence electrons. The van der Waals surface area contributed by atoms with Gasteiger partial charge in [-0.2, -0.15) is 0 Å². The highest BCUT2D eigenvalue weighted by atomic mass is 35.5. The van der Waals surface area contributed by atoms with Gasteiger partial charge in [0.2, 0.25) is 0 Å². The summed E-state index contributed by atoms with van der Waals surface area (Å²) >= 11 is 0. The van der Waals surface area contributed by atoms with Gasteiger partial charge in [-0.05, 0) is 47.6 Å². The number of benzene rings is 1. The van der Waals surface area contributed by atoms with Crippen molar-refractivity contribution in [1.82, 2.24) is 0 Å². The molecular formula is C15H24ClP. The molecule has 0 fully saturated rings. The number of halogens is 1. The third-order valence-corrected chi connectivity index (χ3v) is 10.8. The van der Waals surface area contributed by atoms with Crippen molar-refractivity contribution in [2.24, 2.45) is 0 Å². The number of fused-ring (bicyclic) bond motifs is 1. The van der Waals surface area contributed by atoms with Crippen molar-refractivity contribution in [3.63, 3.8) is 0 Å². The predicted molar refractivity (Wildman–Crippen MR) is 76.2 cm³/mol. The standard InChI is InChI=1S/C15H24P.ClH/c1-14(2,3)16(15(4,5)6)11-12-9-7-8-10-13(12)16;/h7-10H,11H2,1-6H3;1H/q+1;/p-1. The van der Waals surface area contributed by atoms with Crippen LogP contribution in [0.15, 0.2) is 24.3 Å². The number of rotatable bonds is 0. The minimum atomic E-state index is -1.03. The summed E-state index contributed by atoms with van der Waals surface area (Å²) in [6, 6.07) is 9.08. The van der Waals surface area contributed by atoms with E-state index in [1.807, 2.05) is 0 Å². The fourth-order valence-corrected chi connectivity index (χ4v) is 9.55. The lowest BCUT2D eigenvalue weighted by molar-refractivity contribution is -0.00000401. The summed E-state index contributed by atoms with van der Waals surface area (Å²) in [5.41, 5.74) is 1.60. The molecule has 1 heterocycles. The van der Waals surface area contributed by atoms with E-state index in [0.29, 0.717) is 10.3 Å². The largest absolute Gasteiger partial charge is 1.00 e. The molecule has 2 rings (SSSR count). The lowest BCUT2D eigenvalue weighted by atomic mass is 10.2. The zero-order valence-corrected chi connectivity index (χ0v) is 13.5. The van der Waals surface area contributed by atoms with Crippen LogP contribution in [0.3, 0.4) is 0 Å². The molecule has 2 heteroatoms.